The van der Waals surface area contributed by atoms with Crippen molar-refractivity contribution in [2.45, 2.75) is 38.5 Å². The molecule has 0 bridgehead atoms. The van der Waals surface area contributed by atoms with Crippen LogP contribution in [0.15, 0.2) is 194 Å². The molecule has 0 amide bonds. The third-order valence-corrected chi connectivity index (χ3v) is 13.8. The highest BCUT2D eigenvalue weighted by molar-refractivity contribution is 6.18. The van der Waals surface area contributed by atoms with Crippen LogP contribution in [-0.2, 0) is 10.8 Å². The fourth-order valence-corrected chi connectivity index (χ4v) is 10.7. The van der Waals surface area contributed by atoms with E-state index in [0.29, 0.717) is 0 Å². The summed E-state index contributed by atoms with van der Waals surface area (Å²) in [6.07, 6.45) is 0. The fraction of sp³-hybridized carbons (Fsp3) is 0.103. The van der Waals surface area contributed by atoms with Crippen LogP contribution in [-0.4, -0.2) is 4.57 Å². The van der Waals surface area contributed by atoms with Gasteiger partial charge in [0.15, 0.2) is 0 Å². The van der Waals surface area contributed by atoms with Crippen molar-refractivity contribution in [3.63, 3.8) is 0 Å². The van der Waals surface area contributed by atoms with Crippen molar-refractivity contribution < 1.29 is 0 Å². The number of para-hydroxylation sites is 1. The van der Waals surface area contributed by atoms with Crippen molar-refractivity contribution >= 4 is 49.6 Å². The highest BCUT2D eigenvalue weighted by Crippen LogP contribution is 2.54. The van der Waals surface area contributed by atoms with Crippen molar-refractivity contribution in [2.24, 2.45) is 0 Å². The molecule has 0 saturated heterocycles. The molecule has 0 atom stereocenters. The van der Waals surface area contributed by atoms with Gasteiger partial charge in [-0.15, -0.1) is 0 Å². The molecule has 9 aromatic carbocycles. The zero-order valence-electron chi connectivity index (χ0n) is 34.4. The summed E-state index contributed by atoms with van der Waals surface area (Å²) in [4.78, 5) is 2.46. The number of hydrogen-bond acceptors (Lipinski definition) is 1. The number of hydrogen-bond donors (Lipinski definition) is 0. The van der Waals surface area contributed by atoms with Crippen LogP contribution >= 0.6 is 0 Å². The number of nitrogens with zero attached hydrogens (tertiary/aromatic N) is 2. The Hall–Kier alpha value is -7.16. The minimum Gasteiger partial charge on any atom is -0.310 e. The molecule has 1 aromatic heterocycles. The first kappa shape index (κ1) is 34.8. The van der Waals surface area contributed by atoms with E-state index in [9.17, 15) is 0 Å². The Morgan fingerprint density at radius 3 is 1.63 bits per heavy atom. The third-order valence-electron chi connectivity index (χ3n) is 13.8. The lowest BCUT2D eigenvalue weighted by Gasteiger charge is -2.30. The second-order valence-electron chi connectivity index (χ2n) is 17.8. The van der Waals surface area contributed by atoms with Gasteiger partial charge in [0, 0.05) is 49.7 Å². The topological polar surface area (TPSA) is 8.17 Å². The molecular formula is C58H44N2. The van der Waals surface area contributed by atoms with E-state index in [2.05, 4.69) is 231 Å². The van der Waals surface area contributed by atoms with Crippen molar-refractivity contribution in [3.05, 3.63) is 216 Å². The highest BCUT2D eigenvalue weighted by atomic mass is 15.1. The van der Waals surface area contributed by atoms with Gasteiger partial charge in [0.1, 0.15) is 0 Å². The Labute approximate surface area is 351 Å². The molecule has 0 radical (unpaired) electrons. The van der Waals surface area contributed by atoms with Crippen LogP contribution in [0.1, 0.15) is 49.9 Å². The van der Waals surface area contributed by atoms with Crippen molar-refractivity contribution in [3.8, 4) is 39.1 Å². The first-order chi connectivity index (χ1) is 29.3. The largest absolute Gasteiger partial charge is 0.310 e. The normalized spacial score (nSPS) is 14.3. The van der Waals surface area contributed by atoms with E-state index >= 15 is 0 Å². The van der Waals surface area contributed by atoms with E-state index in [0.717, 1.165) is 17.1 Å². The lowest BCUT2D eigenvalue weighted by Crippen LogP contribution is -2.18. The average molecular weight is 769 g/mol. The Morgan fingerprint density at radius 2 is 0.900 bits per heavy atom. The first-order valence-corrected chi connectivity index (χ1v) is 21.2. The van der Waals surface area contributed by atoms with E-state index in [-0.39, 0.29) is 10.8 Å². The minimum atomic E-state index is -0.234. The smallest absolute Gasteiger partial charge is 0.0619 e. The van der Waals surface area contributed by atoms with Crippen molar-refractivity contribution in [2.75, 3.05) is 4.90 Å². The molecule has 286 valence electrons. The maximum Gasteiger partial charge on any atom is 0.0619 e. The van der Waals surface area contributed by atoms with E-state index < -0.39 is 0 Å². The molecule has 2 nitrogen and oxygen atoms in total. The summed E-state index contributed by atoms with van der Waals surface area (Å²) in [6.45, 7) is 9.54. The molecule has 60 heavy (non-hydrogen) atoms. The lowest BCUT2D eigenvalue weighted by molar-refractivity contribution is 0.659. The predicted molar refractivity (Wildman–Crippen MR) is 254 cm³/mol. The second-order valence-corrected chi connectivity index (χ2v) is 17.8. The van der Waals surface area contributed by atoms with E-state index in [1.165, 1.54) is 93.9 Å². The Morgan fingerprint density at radius 1 is 0.367 bits per heavy atom. The van der Waals surface area contributed by atoms with Crippen LogP contribution in [0.4, 0.5) is 17.1 Å². The Kier molecular flexibility index (Phi) is 7.36. The van der Waals surface area contributed by atoms with Gasteiger partial charge < -0.3 is 9.47 Å². The summed E-state index contributed by atoms with van der Waals surface area (Å²) in [7, 11) is 0. The van der Waals surface area contributed by atoms with E-state index in [1.54, 1.807) is 0 Å². The number of benzene rings is 9. The average Bonchev–Trinajstić information content (AvgIpc) is 3.84. The molecule has 2 aliphatic carbocycles. The number of rotatable bonds is 5. The standard InChI is InChI=1S/C58H44N2/c1-57(2)51-20-12-10-18-45(51)46-31-27-41(34-52(46)57)59(40-25-22-38(23-26-40)37-14-6-5-7-15-37)42-28-32-47-48-33-29-43(36-54(48)58(3,4)53(47)35-42)60-55-21-13-11-19-49(55)50-30-24-39-16-8-9-17-44(39)56(50)60/h5-36H,1-4H3. The summed E-state index contributed by atoms with van der Waals surface area (Å²) in [5.74, 6) is 0. The van der Waals surface area contributed by atoms with Gasteiger partial charge in [-0.25, -0.2) is 0 Å². The van der Waals surface area contributed by atoms with Crippen LogP contribution in [0, 0.1) is 0 Å². The second kappa shape index (κ2) is 12.7. The molecule has 2 aliphatic rings. The molecule has 2 heteroatoms. The molecule has 0 fully saturated rings. The maximum atomic E-state index is 2.49. The molecule has 10 aromatic rings. The van der Waals surface area contributed by atoms with Gasteiger partial charge >= 0.3 is 0 Å². The summed E-state index contributed by atoms with van der Waals surface area (Å²) in [6, 6.07) is 72.3. The van der Waals surface area contributed by atoms with E-state index in [1.807, 2.05) is 0 Å². The zero-order chi connectivity index (χ0) is 40.3. The van der Waals surface area contributed by atoms with Gasteiger partial charge in [0.05, 0.1) is 11.0 Å². The van der Waals surface area contributed by atoms with Gasteiger partial charge in [-0.2, -0.15) is 0 Å². The molecule has 0 saturated carbocycles. The van der Waals surface area contributed by atoms with Gasteiger partial charge in [0.25, 0.3) is 0 Å². The SMILES string of the molecule is CC1(C)c2ccccc2-c2ccc(N(c3ccc(-c4ccccc4)cc3)c3ccc4c(c3)C(C)(C)c3cc(-n5c6ccccc6c6ccc7ccccc7c65)ccc3-4)cc21. The van der Waals surface area contributed by atoms with Crippen LogP contribution in [0.25, 0.3) is 71.6 Å². The summed E-state index contributed by atoms with van der Waals surface area (Å²) < 4.78 is 2.49. The number of anilines is 3. The number of fused-ring (bicyclic) bond motifs is 11. The molecule has 0 aliphatic heterocycles. The molecular weight excluding hydrogens is 725 g/mol. The maximum absolute atomic E-state index is 2.49. The molecule has 0 spiro atoms. The van der Waals surface area contributed by atoms with Gasteiger partial charge in [0.2, 0.25) is 0 Å². The summed E-state index contributed by atoms with van der Waals surface area (Å²) in [5, 5.41) is 5.09. The predicted octanol–water partition coefficient (Wildman–Crippen LogP) is 15.7. The quantitative estimate of drug-likeness (QED) is 0.169. The van der Waals surface area contributed by atoms with Gasteiger partial charge in [-0.05, 0) is 116 Å². The van der Waals surface area contributed by atoms with Crippen molar-refractivity contribution in [1.82, 2.24) is 4.57 Å². The van der Waals surface area contributed by atoms with Gasteiger partial charge in [-0.3, -0.25) is 0 Å². The summed E-state index contributed by atoms with van der Waals surface area (Å²) in [5.41, 5.74) is 20.0. The molecule has 0 unspecified atom stereocenters. The fourth-order valence-electron chi connectivity index (χ4n) is 10.7. The van der Waals surface area contributed by atoms with Crippen LogP contribution in [0.5, 0.6) is 0 Å². The molecule has 1 heterocycles. The van der Waals surface area contributed by atoms with Crippen LogP contribution in [0.2, 0.25) is 0 Å². The summed E-state index contributed by atoms with van der Waals surface area (Å²) >= 11 is 0. The molecule has 0 N–H and O–H groups in total. The molecule has 12 rings (SSSR count). The first-order valence-electron chi connectivity index (χ1n) is 21.2. The highest BCUT2D eigenvalue weighted by Gasteiger charge is 2.38. The minimum absolute atomic E-state index is 0.104. The number of aromatic nitrogens is 1. The van der Waals surface area contributed by atoms with Crippen LogP contribution < -0.4 is 4.90 Å². The zero-order valence-corrected chi connectivity index (χ0v) is 34.4. The third kappa shape index (κ3) is 4.94. The Bertz CT molecular complexity index is 3360. The lowest BCUT2D eigenvalue weighted by atomic mass is 9.82. The van der Waals surface area contributed by atoms with Crippen LogP contribution in [0.3, 0.4) is 0 Å². The Balaban J connectivity index is 1.00. The van der Waals surface area contributed by atoms with E-state index in [4.69, 9.17) is 0 Å². The van der Waals surface area contributed by atoms with Gasteiger partial charge in [-0.1, -0.05) is 167 Å². The van der Waals surface area contributed by atoms with Crippen molar-refractivity contribution in [1.29, 1.82) is 0 Å². The monoisotopic (exact) mass is 768 g/mol.